The van der Waals surface area contributed by atoms with Crippen LogP contribution in [0.5, 0.6) is 5.75 Å². The van der Waals surface area contributed by atoms with E-state index in [1.165, 1.54) is 11.1 Å². The fraction of sp³-hybridized carbons (Fsp3) is 0.350. The number of aryl methyl sites for hydroxylation is 1. The Morgan fingerprint density at radius 2 is 1.67 bits per heavy atom. The van der Waals surface area contributed by atoms with Crippen molar-refractivity contribution in [1.82, 2.24) is 5.32 Å². The molecule has 0 radical (unpaired) electrons. The first-order chi connectivity index (χ1) is 11.5. The molecule has 0 heterocycles. The smallest absolute Gasteiger partial charge is 0.171 e. The first kappa shape index (κ1) is 18.3. The van der Waals surface area contributed by atoms with Gasteiger partial charge in [-0.15, -0.1) is 0 Å². The van der Waals surface area contributed by atoms with Gasteiger partial charge in [-0.05, 0) is 61.3 Å². The van der Waals surface area contributed by atoms with Crippen molar-refractivity contribution >= 4 is 23.0 Å². The largest absolute Gasteiger partial charge is 0.497 e. The van der Waals surface area contributed by atoms with Crippen molar-refractivity contribution in [2.75, 3.05) is 12.4 Å². The van der Waals surface area contributed by atoms with E-state index in [0.29, 0.717) is 11.0 Å². The third-order valence-corrected chi connectivity index (χ3v) is 4.06. The van der Waals surface area contributed by atoms with E-state index in [0.717, 1.165) is 17.9 Å². The lowest BCUT2D eigenvalue weighted by Gasteiger charge is -2.23. The van der Waals surface area contributed by atoms with Gasteiger partial charge >= 0.3 is 0 Å². The molecule has 0 amide bonds. The Labute approximate surface area is 150 Å². The second kappa shape index (κ2) is 8.69. The van der Waals surface area contributed by atoms with Crippen molar-refractivity contribution in [1.29, 1.82) is 0 Å². The van der Waals surface area contributed by atoms with Gasteiger partial charge in [-0.1, -0.05) is 43.7 Å². The van der Waals surface area contributed by atoms with E-state index >= 15 is 0 Å². The van der Waals surface area contributed by atoms with Crippen molar-refractivity contribution in [3.63, 3.8) is 0 Å². The highest BCUT2D eigenvalue weighted by Crippen LogP contribution is 2.24. The first-order valence-electron chi connectivity index (χ1n) is 8.26. The van der Waals surface area contributed by atoms with Gasteiger partial charge in [0.25, 0.3) is 0 Å². The highest BCUT2D eigenvalue weighted by molar-refractivity contribution is 7.80. The van der Waals surface area contributed by atoms with Gasteiger partial charge < -0.3 is 15.4 Å². The number of benzene rings is 2. The minimum atomic E-state index is 0.168. The molecule has 24 heavy (non-hydrogen) atoms. The number of anilines is 1. The number of methoxy groups -OCH3 is 1. The average molecular weight is 343 g/mol. The van der Waals surface area contributed by atoms with Crippen LogP contribution in [0.2, 0.25) is 0 Å². The van der Waals surface area contributed by atoms with Crippen molar-refractivity contribution < 1.29 is 4.74 Å². The molecular formula is C20H26N2OS. The molecule has 1 atom stereocenters. The van der Waals surface area contributed by atoms with Crippen molar-refractivity contribution in [2.45, 2.75) is 33.2 Å². The third-order valence-electron chi connectivity index (χ3n) is 3.84. The predicted octanol–water partition coefficient (Wildman–Crippen LogP) is 5.08. The Morgan fingerprint density at radius 1 is 1.04 bits per heavy atom. The molecule has 0 fully saturated rings. The molecule has 0 aliphatic rings. The van der Waals surface area contributed by atoms with E-state index in [2.05, 4.69) is 55.7 Å². The van der Waals surface area contributed by atoms with Crippen molar-refractivity contribution in [3.05, 3.63) is 59.7 Å². The van der Waals surface area contributed by atoms with Crippen LogP contribution in [0.15, 0.2) is 48.5 Å². The summed E-state index contributed by atoms with van der Waals surface area (Å²) in [6.07, 6.45) is 1.00. The van der Waals surface area contributed by atoms with Crippen LogP contribution in [0.1, 0.15) is 37.4 Å². The van der Waals surface area contributed by atoms with Gasteiger partial charge in [0.05, 0.1) is 13.2 Å². The lowest BCUT2D eigenvalue weighted by atomic mass is 9.97. The number of rotatable bonds is 6. The molecule has 2 rings (SSSR count). The van der Waals surface area contributed by atoms with Gasteiger partial charge in [0, 0.05) is 5.69 Å². The summed E-state index contributed by atoms with van der Waals surface area (Å²) in [7, 11) is 1.68. The summed E-state index contributed by atoms with van der Waals surface area (Å²) in [6.45, 7) is 6.51. The molecule has 0 saturated heterocycles. The molecule has 0 aliphatic heterocycles. The fourth-order valence-corrected chi connectivity index (χ4v) is 2.81. The van der Waals surface area contributed by atoms with E-state index < -0.39 is 0 Å². The topological polar surface area (TPSA) is 33.3 Å². The average Bonchev–Trinajstić information content (AvgIpc) is 2.56. The molecule has 2 aromatic carbocycles. The SMILES string of the molecule is COc1ccc(C(CC(C)C)NC(=S)Nc2ccc(C)cc2)cc1. The van der Waals surface area contributed by atoms with Gasteiger partial charge in [0.15, 0.2) is 5.11 Å². The van der Waals surface area contributed by atoms with Crippen molar-refractivity contribution in [3.8, 4) is 5.75 Å². The Hall–Kier alpha value is -2.07. The quantitative estimate of drug-likeness (QED) is 0.718. The normalized spacial score (nSPS) is 11.9. The van der Waals surface area contributed by atoms with E-state index in [-0.39, 0.29) is 6.04 Å². The maximum absolute atomic E-state index is 5.50. The molecule has 0 aromatic heterocycles. The Balaban J connectivity index is 2.06. The minimum Gasteiger partial charge on any atom is -0.497 e. The summed E-state index contributed by atoms with van der Waals surface area (Å²) in [5.41, 5.74) is 3.43. The van der Waals surface area contributed by atoms with Crippen LogP contribution in [0.25, 0.3) is 0 Å². The molecule has 0 spiro atoms. The number of hydrogen-bond donors (Lipinski definition) is 2. The zero-order valence-corrected chi connectivity index (χ0v) is 15.6. The summed E-state index contributed by atoms with van der Waals surface area (Å²) in [5.74, 6) is 1.43. The van der Waals surface area contributed by atoms with Crippen LogP contribution >= 0.6 is 12.2 Å². The van der Waals surface area contributed by atoms with Gasteiger partial charge in [0.1, 0.15) is 5.75 Å². The van der Waals surface area contributed by atoms with E-state index in [1.54, 1.807) is 7.11 Å². The standard InChI is InChI=1S/C20H26N2OS/c1-14(2)13-19(16-7-11-18(23-4)12-8-16)22-20(24)21-17-9-5-15(3)6-10-17/h5-12,14,19H,13H2,1-4H3,(H2,21,22,24). The predicted molar refractivity (Wildman–Crippen MR) is 106 cm³/mol. The Bertz CT molecular complexity index is 650. The summed E-state index contributed by atoms with van der Waals surface area (Å²) in [6, 6.07) is 16.5. The second-order valence-electron chi connectivity index (χ2n) is 6.42. The fourth-order valence-electron chi connectivity index (χ4n) is 2.55. The lowest BCUT2D eigenvalue weighted by Crippen LogP contribution is -2.33. The van der Waals surface area contributed by atoms with Gasteiger partial charge in [-0.3, -0.25) is 0 Å². The summed E-state index contributed by atoms with van der Waals surface area (Å²) in [5, 5.41) is 7.34. The number of thiocarbonyl (C=S) groups is 1. The second-order valence-corrected chi connectivity index (χ2v) is 6.83. The van der Waals surface area contributed by atoms with E-state index in [4.69, 9.17) is 17.0 Å². The Kier molecular flexibility index (Phi) is 6.62. The summed E-state index contributed by atoms with van der Waals surface area (Å²) < 4.78 is 5.24. The zero-order valence-electron chi connectivity index (χ0n) is 14.8. The van der Waals surface area contributed by atoms with Crippen LogP contribution in [0.3, 0.4) is 0 Å². The molecule has 0 saturated carbocycles. The molecule has 2 aromatic rings. The molecule has 4 heteroatoms. The van der Waals surface area contributed by atoms with E-state index in [1.807, 2.05) is 24.3 Å². The zero-order chi connectivity index (χ0) is 17.5. The molecule has 3 nitrogen and oxygen atoms in total. The van der Waals surface area contributed by atoms with Crippen LogP contribution in [0.4, 0.5) is 5.69 Å². The van der Waals surface area contributed by atoms with Gasteiger partial charge in [-0.2, -0.15) is 0 Å². The lowest BCUT2D eigenvalue weighted by molar-refractivity contribution is 0.414. The van der Waals surface area contributed by atoms with Crippen LogP contribution in [0, 0.1) is 12.8 Å². The monoisotopic (exact) mass is 342 g/mol. The third kappa shape index (κ3) is 5.53. The van der Waals surface area contributed by atoms with Crippen LogP contribution in [-0.2, 0) is 0 Å². The highest BCUT2D eigenvalue weighted by atomic mass is 32.1. The molecule has 2 N–H and O–H groups in total. The minimum absolute atomic E-state index is 0.168. The highest BCUT2D eigenvalue weighted by Gasteiger charge is 2.15. The van der Waals surface area contributed by atoms with Crippen LogP contribution < -0.4 is 15.4 Å². The molecule has 0 bridgehead atoms. The van der Waals surface area contributed by atoms with E-state index in [9.17, 15) is 0 Å². The maximum Gasteiger partial charge on any atom is 0.171 e. The maximum atomic E-state index is 5.50. The molecular weight excluding hydrogens is 316 g/mol. The van der Waals surface area contributed by atoms with Gasteiger partial charge in [0.2, 0.25) is 0 Å². The van der Waals surface area contributed by atoms with Crippen LogP contribution in [-0.4, -0.2) is 12.2 Å². The Morgan fingerprint density at radius 3 is 2.21 bits per heavy atom. The summed E-state index contributed by atoms with van der Waals surface area (Å²) >= 11 is 5.50. The summed E-state index contributed by atoms with van der Waals surface area (Å²) in [4.78, 5) is 0. The van der Waals surface area contributed by atoms with Crippen molar-refractivity contribution in [2.24, 2.45) is 5.92 Å². The first-order valence-corrected chi connectivity index (χ1v) is 8.67. The van der Waals surface area contributed by atoms with Gasteiger partial charge in [-0.25, -0.2) is 0 Å². The molecule has 1 unspecified atom stereocenters. The molecule has 0 aliphatic carbocycles. The number of nitrogens with one attached hydrogen (secondary N) is 2. The number of hydrogen-bond acceptors (Lipinski definition) is 2. The molecule has 128 valence electrons. The number of ether oxygens (including phenoxy) is 1.